The monoisotopic (exact) mass is 457 g/mol. The second kappa shape index (κ2) is 5.71. The number of aromatic nitrogens is 1. The fourth-order valence-corrected chi connectivity index (χ4v) is 7.57. The van der Waals surface area contributed by atoms with Crippen LogP contribution in [0, 0.1) is 6.92 Å². The summed E-state index contributed by atoms with van der Waals surface area (Å²) >= 11 is 0. The highest BCUT2D eigenvalue weighted by Crippen LogP contribution is 2.44. The normalized spacial score (nSPS) is 14.6. The Morgan fingerprint density at radius 2 is 1.03 bits per heavy atom. The summed E-state index contributed by atoms with van der Waals surface area (Å²) in [5.74, 6) is 3.79. The minimum atomic E-state index is 0.129. The van der Waals surface area contributed by atoms with Gasteiger partial charge in [0.15, 0.2) is 0 Å². The summed E-state index contributed by atoms with van der Waals surface area (Å²) in [6.45, 7) is 2.42. The molecule has 36 heavy (non-hydrogen) atoms. The first-order valence-electron chi connectivity index (χ1n) is 12.6. The molecule has 0 amide bonds. The lowest BCUT2D eigenvalue weighted by atomic mass is 9.30. The van der Waals surface area contributed by atoms with E-state index in [4.69, 9.17) is 9.47 Å². The van der Waals surface area contributed by atoms with Gasteiger partial charge < -0.3 is 14.0 Å². The van der Waals surface area contributed by atoms with Crippen LogP contribution in [0.5, 0.6) is 23.0 Å². The molecule has 5 heterocycles. The van der Waals surface area contributed by atoms with Crippen molar-refractivity contribution < 1.29 is 9.47 Å². The molecule has 0 bridgehead atoms. The van der Waals surface area contributed by atoms with Crippen molar-refractivity contribution in [2.24, 2.45) is 0 Å². The van der Waals surface area contributed by atoms with Crippen molar-refractivity contribution in [1.29, 1.82) is 0 Å². The highest BCUT2D eigenvalue weighted by atomic mass is 16.5. The third-order valence-electron chi connectivity index (χ3n) is 8.86. The first kappa shape index (κ1) is 18.0. The number of ether oxygens (including phenoxy) is 2. The molecule has 0 saturated carbocycles. The van der Waals surface area contributed by atoms with E-state index in [1.165, 1.54) is 60.3 Å². The lowest BCUT2D eigenvalue weighted by Gasteiger charge is -2.41. The predicted molar refractivity (Wildman–Crippen MR) is 148 cm³/mol. The summed E-state index contributed by atoms with van der Waals surface area (Å²) in [6.07, 6.45) is 0. The molecular formula is C31H17B2NO2. The Kier molecular flexibility index (Phi) is 2.85. The number of hydrogen-bond acceptors (Lipinski definition) is 2. The van der Waals surface area contributed by atoms with Crippen LogP contribution in [0.4, 0.5) is 0 Å². The number of rotatable bonds is 0. The molecule has 1 aromatic heterocycles. The smallest absolute Gasteiger partial charge is 0.256 e. The summed E-state index contributed by atoms with van der Waals surface area (Å²) in [7, 11) is 0. The minimum Gasteiger partial charge on any atom is -0.458 e. The molecular weight excluding hydrogens is 440 g/mol. The number of hydrogen-bond donors (Lipinski definition) is 0. The fourth-order valence-electron chi connectivity index (χ4n) is 7.57. The third kappa shape index (κ3) is 1.76. The molecule has 0 atom stereocenters. The average molecular weight is 457 g/mol. The number of para-hydroxylation sites is 4. The molecule has 0 spiro atoms. The van der Waals surface area contributed by atoms with Gasteiger partial charge in [-0.25, -0.2) is 0 Å². The molecule has 3 nitrogen and oxygen atoms in total. The van der Waals surface area contributed by atoms with Crippen molar-refractivity contribution in [3.63, 3.8) is 0 Å². The van der Waals surface area contributed by atoms with Gasteiger partial charge in [0, 0.05) is 33.1 Å². The van der Waals surface area contributed by atoms with E-state index in [-0.39, 0.29) is 13.4 Å². The van der Waals surface area contributed by atoms with E-state index in [2.05, 4.69) is 96.4 Å². The molecule has 5 heteroatoms. The van der Waals surface area contributed by atoms with Crippen molar-refractivity contribution in [1.82, 2.24) is 4.57 Å². The van der Waals surface area contributed by atoms with Gasteiger partial charge in [-0.3, -0.25) is 0 Å². The quantitative estimate of drug-likeness (QED) is 0.327. The second-order valence-corrected chi connectivity index (χ2v) is 10.4. The Labute approximate surface area is 208 Å². The number of benzene rings is 5. The zero-order valence-electron chi connectivity index (χ0n) is 19.5. The van der Waals surface area contributed by atoms with E-state index >= 15 is 0 Å². The van der Waals surface area contributed by atoms with Gasteiger partial charge in [0.2, 0.25) is 0 Å². The first-order chi connectivity index (χ1) is 17.8. The fraction of sp³-hybridized carbons (Fsp3) is 0.0323. The molecule has 0 radical (unpaired) electrons. The summed E-state index contributed by atoms with van der Waals surface area (Å²) in [4.78, 5) is 0. The van der Waals surface area contributed by atoms with Crippen LogP contribution in [-0.4, -0.2) is 18.0 Å². The van der Waals surface area contributed by atoms with Crippen LogP contribution in [0.2, 0.25) is 0 Å². The van der Waals surface area contributed by atoms with Crippen LogP contribution >= 0.6 is 0 Å². The average Bonchev–Trinajstić information content (AvgIpc) is 3.27. The van der Waals surface area contributed by atoms with Crippen molar-refractivity contribution in [2.45, 2.75) is 6.92 Å². The molecule has 4 aliphatic heterocycles. The van der Waals surface area contributed by atoms with Crippen LogP contribution in [0.1, 0.15) is 5.56 Å². The Bertz CT molecular complexity index is 1900. The largest absolute Gasteiger partial charge is 0.458 e. The summed E-state index contributed by atoms with van der Waals surface area (Å²) in [6, 6.07) is 30.7. The Morgan fingerprint density at radius 1 is 0.556 bits per heavy atom. The molecule has 0 aliphatic carbocycles. The molecule has 0 fully saturated rings. The summed E-state index contributed by atoms with van der Waals surface area (Å²) < 4.78 is 16.0. The van der Waals surface area contributed by atoms with Crippen LogP contribution < -0.4 is 42.3 Å². The number of nitrogens with zero attached hydrogens (tertiary/aromatic N) is 1. The molecule has 10 rings (SSSR count). The number of fused-ring (bicyclic) bond motifs is 7. The maximum absolute atomic E-state index is 6.73. The van der Waals surface area contributed by atoms with Gasteiger partial charge in [-0.1, -0.05) is 72.8 Å². The van der Waals surface area contributed by atoms with Crippen LogP contribution in [0.3, 0.4) is 0 Å². The van der Waals surface area contributed by atoms with Gasteiger partial charge in [0.05, 0.1) is 0 Å². The lowest BCUT2D eigenvalue weighted by Crippen LogP contribution is -2.65. The van der Waals surface area contributed by atoms with Crippen LogP contribution in [-0.2, 0) is 0 Å². The molecule has 5 aromatic carbocycles. The van der Waals surface area contributed by atoms with E-state index in [9.17, 15) is 0 Å². The van der Waals surface area contributed by atoms with E-state index < -0.39 is 0 Å². The Balaban J connectivity index is 1.52. The van der Waals surface area contributed by atoms with Gasteiger partial charge in [0.1, 0.15) is 23.0 Å². The first-order valence-corrected chi connectivity index (χ1v) is 12.6. The lowest BCUT2D eigenvalue weighted by molar-refractivity contribution is 0.458. The van der Waals surface area contributed by atoms with Crippen molar-refractivity contribution in [3.05, 3.63) is 90.5 Å². The second-order valence-electron chi connectivity index (χ2n) is 10.4. The van der Waals surface area contributed by atoms with Gasteiger partial charge in [-0.2, -0.15) is 0 Å². The molecule has 0 saturated heterocycles. The van der Waals surface area contributed by atoms with Gasteiger partial charge in [-0.15, -0.1) is 0 Å². The molecule has 164 valence electrons. The van der Waals surface area contributed by atoms with Gasteiger partial charge in [0.25, 0.3) is 13.4 Å². The molecule has 0 N–H and O–H groups in total. The van der Waals surface area contributed by atoms with E-state index in [1.54, 1.807) is 0 Å². The molecule has 6 aromatic rings. The van der Waals surface area contributed by atoms with Crippen molar-refractivity contribution in [3.8, 4) is 28.7 Å². The van der Waals surface area contributed by atoms with Crippen LogP contribution in [0.25, 0.3) is 27.5 Å². The zero-order valence-corrected chi connectivity index (χ0v) is 19.5. The van der Waals surface area contributed by atoms with Crippen LogP contribution in [0.15, 0.2) is 84.9 Å². The van der Waals surface area contributed by atoms with Crippen molar-refractivity contribution in [2.75, 3.05) is 0 Å². The zero-order chi connectivity index (χ0) is 23.3. The predicted octanol–water partition coefficient (Wildman–Crippen LogP) is 2.96. The SMILES string of the molecule is Cc1c2c3c4c5c1Oc1ccccc1B5c1cccc5c6cccc(c6n-4c15)B3c1ccccc1O2. The topological polar surface area (TPSA) is 23.4 Å². The van der Waals surface area contributed by atoms with Gasteiger partial charge in [-0.05, 0) is 51.8 Å². The Morgan fingerprint density at radius 3 is 1.56 bits per heavy atom. The maximum atomic E-state index is 6.73. The summed E-state index contributed by atoms with van der Waals surface area (Å²) in [5, 5.41) is 2.64. The highest BCUT2D eigenvalue weighted by molar-refractivity contribution is 7.03. The molecule has 4 aliphatic rings. The van der Waals surface area contributed by atoms with E-state index in [1.807, 2.05) is 0 Å². The van der Waals surface area contributed by atoms with Gasteiger partial charge >= 0.3 is 0 Å². The standard InChI is InChI=1S/C31H17B2NO2/c1-16-30-25-29-26-31(16)36-24-15-5-3-11-20(24)33(26)22-13-7-9-18-17-8-6-12-21(27(17)34(29)28(18)22)32(25)19-10-2-4-14-23(19)35-30/h2-15H,1H3. The highest BCUT2D eigenvalue weighted by Gasteiger charge is 2.49. The minimum absolute atomic E-state index is 0.129. The van der Waals surface area contributed by atoms with E-state index in [0.717, 1.165) is 28.6 Å². The van der Waals surface area contributed by atoms with Crippen molar-refractivity contribution >= 4 is 68.0 Å². The maximum Gasteiger partial charge on any atom is 0.256 e. The van der Waals surface area contributed by atoms with E-state index in [0.29, 0.717) is 0 Å². The Hall–Kier alpha value is -4.37. The summed E-state index contributed by atoms with van der Waals surface area (Å²) in [5.41, 5.74) is 12.8. The third-order valence-corrected chi connectivity index (χ3v) is 8.86. The molecule has 0 unspecified atom stereocenters.